The molecule has 2 aliphatic rings. The van der Waals surface area contributed by atoms with Crippen LogP contribution in [0, 0.1) is 11.2 Å². The van der Waals surface area contributed by atoms with Gasteiger partial charge in [0.05, 0.1) is 11.8 Å². The second-order valence-electron chi connectivity index (χ2n) is 7.03. The van der Waals surface area contributed by atoms with Crippen LogP contribution in [-0.4, -0.2) is 31.3 Å². The van der Waals surface area contributed by atoms with Gasteiger partial charge in [0.1, 0.15) is 5.82 Å². The zero-order valence-electron chi connectivity index (χ0n) is 14.0. The number of rotatable bonds is 3. The molecule has 1 aromatic heterocycles. The Balaban J connectivity index is 1.55. The lowest BCUT2D eigenvalue weighted by molar-refractivity contribution is 0.00227. The minimum atomic E-state index is -0.209. The zero-order valence-corrected chi connectivity index (χ0v) is 14.8. The maximum absolute atomic E-state index is 13.1. The molecule has 0 unspecified atom stereocenters. The van der Waals surface area contributed by atoms with Crippen LogP contribution in [0.15, 0.2) is 29.6 Å². The molecule has 1 aliphatic carbocycles. The number of piperidine rings is 1. The molecule has 1 aliphatic heterocycles. The fourth-order valence-corrected chi connectivity index (χ4v) is 5.29. The van der Waals surface area contributed by atoms with Crippen molar-refractivity contribution in [1.29, 1.82) is 0 Å². The monoisotopic (exact) mass is 346 g/mol. The molecule has 1 spiro atoms. The number of halogens is 1. The standard InChI is InChI=1S/C19H23FN2OS/c1-23-17-4-2-9-19(17)10-3-11-22(13-19)18-21-16(12-24-18)14-5-7-15(20)8-6-14/h5-8,12,17H,2-4,9-11,13H2,1H3/t17-,19+/m1/s1. The van der Waals surface area contributed by atoms with Crippen molar-refractivity contribution >= 4 is 16.5 Å². The summed E-state index contributed by atoms with van der Waals surface area (Å²) < 4.78 is 18.9. The maximum atomic E-state index is 13.1. The Hall–Kier alpha value is -1.46. The van der Waals surface area contributed by atoms with E-state index in [1.807, 2.05) is 7.11 Å². The van der Waals surface area contributed by atoms with Gasteiger partial charge in [0.2, 0.25) is 0 Å². The summed E-state index contributed by atoms with van der Waals surface area (Å²) in [5, 5.41) is 3.15. The summed E-state index contributed by atoms with van der Waals surface area (Å²) in [6.07, 6.45) is 6.56. The Morgan fingerprint density at radius 1 is 1.25 bits per heavy atom. The van der Waals surface area contributed by atoms with E-state index in [1.54, 1.807) is 23.5 Å². The van der Waals surface area contributed by atoms with Crippen molar-refractivity contribution in [1.82, 2.24) is 4.98 Å². The highest BCUT2D eigenvalue weighted by Crippen LogP contribution is 2.47. The van der Waals surface area contributed by atoms with E-state index < -0.39 is 0 Å². The van der Waals surface area contributed by atoms with Gasteiger partial charge in [-0.1, -0.05) is 6.42 Å². The van der Waals surface area contributed by atoms with Gasteiger partial charge in [-0.3, -0.25) is 0 Å². The zero-order chi connectivity index (χ0) is 16.6. The quantitative estimate of drug-likeness (QED) is 0.803. The Bertz CT molecular complexity index is 702. The van der Waals surface area contributed by atoms with E-state index >= 15 is 0 Å². The van der Waals surface area contributed by atoms with Gasteiger partial charge in [-0.05, 0) is 49.9 Å². The van der Waals surface area contributed by atoms with Crippen molar-refractivity contribution in [2.24, 2.45) is 5.41 Å². The number of thiazole rings is 1. The topological polar surface area (TPSA) is 25.4 Å². The minimum absolute atomic E-state index is 0.209. The van der Waals surface area contributed by atoms with E-state index in [-0.39, 0.29) is 5.82 Å². The first-order valence-corrected chi connectivity index (χ1v) is 9.57. The highest BCUT2D eigenvalue weighted by Gasteiger charge is 2.46. The van der Waals surface area contributed by atoms with Crippen LogP contribution in [0.25, 0.3) is 11.3 Å². The fourth-order valence-electron chi connectivity index (χ4n) is 4.43. The highest BCUT2D eigenvalue weighted by atomic mass is 32.1. The first-order valence-electron chi connectivity index (χ1n) is 8.69. The third kappa shape index (κ3) is 2.84. The van der Waals surface area contributed by atoms with Gasteiger partial charge in [-0.25, -0.2) is 9.37 Å². The van der Waals surface area contributed by atoms with Crippen LogP contribution in [0.2, 0.25) is 0 Å². The molecule has 4 rings (SSSR count). The lowest BCUT2D eigenvalue weighted by Crippen LogP contribution is -2.47. The molecule has 128 valence electrons. The predicted octanol–water partition coefficient (Wildman–Crippen LogP) is 4.73. The van der Waals surface area contributed by atoms with Crippen molar-refractivity contribution in [2.45, 2.75) is 38.2 Å². The lowest BCUT2D eigenvalue weighted by Gasteiger charge is -2.43. The summed E-state index contributed by atoms with van der Waals surface area (Å²) in [5.74, 6) is -0.209. The predicted molar refractivity (Wildman–Crippen MR) is 96.0 cm³/mol. The Kier molecular flexibility index (Phi) is 4.31. The van der Waals surface area contributed by atoms with Crippen LogP contribution in [0.3, 0.4) is 0 Å². The Morgan fingerprint density at radius 3 is 2.83 bits per heavy atom. The maximum Gasteiger partial charge on any atom is 0.185 e. The van der Waals surface area contributed by atoms with Crippen molar-refractivity contribution in [3.05, 3.63) is 35.5 Å². The lowest BCUT2D eigenvalue weighted by atomic mass is 9.77. The second kappa shape index (κ2) is 6.45. The Morgan fingerprint density at radius 2 is 2.04 bits per heavy atom. The molecule has 0 amide bonds. The van der Waals surface area contributed by atoms with Crippen LogP contribution in [0.5, 0.6) is 0 Å². The van der Waals surface area contributed by atoms with Gasteiger partial charge in [0.15, 0.2) is 5.13 Å². The molecule has 2 heterocycles. The molecule has 1 saturated heterocycles. The minimum Gasteiger partial charge on any atom is -0.381 e. The molecule has 2 atom stereocenters. The fraction of sp³-hybridized carbons (Fsp3) is 0.526. The van der Waals surface area contributed by atoms with Gasteiger partial charge in [-0.15, -0.1) is 11.3 Å². The molecule has 1 aromatic carbocycles. The number of methoxy groups -OCH3 is 1. The van der Waals surface area contributed by atoms with Crippen LogP contribution in [0.4, 0.5) is 9.52 Å². The summed E-state index contributed by atoms with van der Waals surface area (Å²) in [5.41, 5.74) is 2.21. The van der Waals surface area contributed by atoms with Crippen molar-refractivity contribution in [3.63, 3.8) is 0 Å². The number of anilines is 1. The van der Waals surface area contributed by atoms with Crippen LogP contribution < -0.4 is 4.90 Å². The van der Waals surface area contributed by atoms with Gasteiger partial charge < -0.3 is 9.64 Å². The van der Waals surface area contributed by atoms with E-state index in [0.717, 1.165) is 29.5 Å². The summed E-state index contributed by atoms with van der Waals surface area (Å²) in [7, 11) is 1.85. The molecule has 3 nitrogen and oxygen atoms in total. The summed E-state index contributed by atoms with van der Waals surface area (Å²) >= 11 is 1.69. The van der Waals surface area contributed by atoms with E-state index in [1.165, 1.54) is 44.2 Å². The van der Waals surface area contributed by atoms with Crippen molar-refractivity contribution in [2.75, 3.05) is 25.1 Å². The number of benzene rings is 1. The second-order valence-corrected chi connectivity index (χ2v) is 7.86. The smallest absolute Gasteiger partial charge is 0.185 e. The third-order valence-corrected chi connectivity index (χ3v) is 6.52. The number of nitrogens with zero attached hydrogens (tertiary/aromatic N) is 2. The molecule has 5 heteroatoms. The van der Waals surface area contributed by atoms with Crippen molar-refractivity contribution < 1.29 is 9.13 Å². The van der Waals surface area contributed by atoms with E-state index in [4.69, 9.17) is 9.72 Å². The molecule has 0 N–H and O–H groups in total. The van der Waals surface area contributed by atoms with Crippen LogP contribution >= 0.6 is 11.3 Å². The molecule has 24 heavy (non-hydrogen) atoms. The summed E-state index contributed by atoms with van der Waals surface area (Å²) in [4.78, 5) is 7.25. The largest absolute Gasteiger partial charge is 0.381 e. The van der Waals surface area contributed by atoms with Crippen LogP contribution in [-0.2, 0) is 4.74 Å². The third-order valence-electron chi connectivity index (χ3n) is 5.62. The van der Waals surface area contributed by atoms with E-state index in [0.29, 0.717) is 11.5 Å². The number of hydrogen-bond donors (Lipinski definition) is 0. The van der Waals surface area contributed by atoms with E-state index in [2.05, 4.69) is 10.3 Å². The normalized spacial score (nSPS) is 27.1. The first kappa shape index (κ1) is 16.0. The molecule has 1 saturated carbocycles. The van der Waals surface area contributed by atoms with E-state index in [9.17, 15) is 4.39 Å². The van der Waals surface area contributed by atoms with Gasteiger partial charge in [0.25, 0.3) is 0 Å². The van der Waals surface area contributed by atoms with Crippen molar-refractivity contribution in [3.8, 4) is 11.3 Å². The van der Waals surface area contributed by atoms with Crippen LogP contribution in [0.1, 0.15) is 32.1 Å². The Labute approximate surface area is 146 Å². The van der Waals surface area contributed by atoms with Gasteiger partial charge in [-0.2, -0.15) is 0 Å². The number of ether oxygens (including phenoxy) is 1. The SMILES string of the molecule is CO[C@@H]1CCC[C@@]12CCCN(c1nc(-c3ccc(F)cc3)cs1)C2. The molecular weight excluding hydrogens is 323 g/mol. The number of aromatic nitrogens is 1. The number of hydrogen-bond acceptors (Lipinski definition) is 4. The first-order chi connectivity index (χ1) is 11.7. The van der Waals surface area contributed by atoms with Gasteiger partial charge >= 0.3 is 0 Å². The average molecular weight is 346 g/mol. The summed E-state index contributed by atoms with van der Waals surface area (Å²) in [6.45, 7) is 2.11. The average Bonchev–Trinajstić information content (AvgIpc) is 3.23. The molecular formula is C19H23FN2OS. The molecule has 0 bridgehead atoms. The van der Waals surface area contributed by atoms with Gasteiger partial charge in [0, 0.05) is 36.6 Å². The molecule has 0 radical (unpaired) electrons. The highest BCUT2D eigenvalue weighted by molar-refractivity contribution is 7.14. The molecule has 2 aromatic rings. The molecule has 2 fully saturated rings. The summed E-state index contributed by atoms with van der Waals surface area (Å²) in [6, 6.07) is 6.57.